The summed E-state index contributed by atoms with van der Waals surface area (Å²) in [7, 11) is 3.59. The van der Waals surface area contributed by atoms with E-state index in [0.29, 0.717) is 11.0 Å². The van der Waals surface area contributed by atoms with E-state index in [1.54, 1.807) is 0 Å². The van der Waals surface area contributed by atoms with E-state index < -0.39 is 41.4 Å². The number of rotatable bonds is 5. The molecule has 1 fully saturated rings. The van der Waals surface area contributed by atoms with Crippen LogP contribution >= 0.6 is 15.9 Å². The quantitative estimate of drug-likeness (QED) is 0.325. The Kier molecular flexibility index (Phi) is 6.34. The molecule has 3 heterocycles. The van der Waals surface area contributed by atoms with Gasteiger partial charge in [0.1, 0.15) is 11.9 Å². The van der Waals surface area contributed by atoms with Gasteiger partial charge in [0.25, 0.3) is 0 Å². The van der Waals surface area contributed by atoms with Crippen LogP contribution < -0.4 is 10.6 Å². The van der Waals surface area contributed by atoms with E-state index in [9.17, 15) is 19.2 Å². The molecule has 11 nitrogen and oxygen atoms in total. The number of nitrogens with zero attached hydrogens (tertiary/aromatic N) is 2. The summed E-state index contributed by atoms with van der Waals surface area (Å²) in [5, 5.41) is 6.50. The molecule has 2 N–H and O–H groups in total. The number of carbonyl (C=O) groups is 4. The number of alkyl halides is 1. The lowest BCUT2D eigenvalue weighted by atomic mass is 9.69. The van der Waals surface area contributed by atoms with Crippen LogP contribution in [0.25, 0.3) is 0 Å². The van der Waals surface area contributed by atoms with Gasteiger partial charge in [-0.3, -0.25) is 4.90 Å². The van der Waals surface area contributed by atoms with Gasteiger partial charge in [0.2, 0.25) is 0 Å². The molecule has 1 saturated heterocycles. The molecule has 2 amide bonds. The van der Waals surface area contributed by atoms with Crippen molar-refractivity contribution in [2.45, 2.75) is 23.9 Å². The number of carbonyl (C=O) groups excluding carboxylic acids is 4. The fourth-order valence-electron chi connectivity index (χ4n) is 4.91. The molecule has 1 spiro atoms. The average molecular weight is 535 g/mol. The van der Waals surface area contributed by atoms with Crippen molar-refractivity contribution in [2.24, 2.45) is 4.99 Å². The fraction of sp³-hybridized carbons (Fsp3) is 0.409. The number of halogens is 1. The number of ether oxygens (including phenoxy) is 3. The van der Waals surface area contributed by atoms with Crippen LogP contribution in [0.3, 0.4) is 0 Å². The number of benzene rings is 1. The number of para-hydroxylation sites is 1. The van der Waals surface area contributed by atoms with Crippen LogP contribution in [0.5, 0.6) is 0 Å². The second-order valence-corrected chi connectivity index (χ2v) is 8.60. The number of nitrogens with one attached hydrogen (secondary N) is 2. The van der Waals surface area contributed by atoms with E-state index in [1.807, 2.05) is 24.3 Å². The number of hydrogen-bond donors (Lipinski definition) is 2. The number of aliphatic imine (C=N–C) groups is 1. The molecule has 4 rings (SSSR count). The van der Waals surface area contributed by atoms with Crippen molar-refractivity contribution >= 4 is 51.4 Å². The predicted molar refractivity (Wildman–Crippen MR) is 123 cm³/mol. The topological polar surface area (TPSA) is 136 Å². The summed E-state index contributed by atoms with van der Waals surface area (Å²) in [5.74, 6) is -2.15. The summed E-state index contributed by atoms with van der Waals surface area (Å²) in [6.07, 6.45) is 0.0733. The van der Waals surface area contributed by atoms with Crippen LogP contribution in [0.1, 0.15) is 12.0 Å². The maximum atomic E-state index is 13.3. The van der Waals surface area contributed by atoms with Crippen molar-refractivity contribution in [3.8, 4) is 0 Å². The van der Waals surface area contributed by atoms with Crippen molar-refractivity contribution in [3.63, 3.8) is 0 Å². The molecule has 3 aliphatic rings. The largest absolute Gasteiger partial charge is 0.467 e. The number of hydrogen-bond acceptors (Lipinski definition) is 9. The van der Waals surface area contributed by atoms with Gasteiger partial charge in [-0.05, 0) is 18.1 Å². The van der Waals surface area contributed by atoms with Crippen LogP contribution in [0.2, 0.25) is 0 Å². The molecule has 3 unspecified atom stereocenters. The van der Waals surface area contributed by atoms with E-state index in [2.05, 4.69) is 31.6 Å². The highest BCUT2D eigenvalue weighted by molar-refractivity contribution is 9.09. The molecular weight excluding hydrogens is 512 g/mol. The number of amidine groups is 1. The second kappa shape index (κ2) is 9.09. The molecule has 3 atom stereocenters. The van der Waals surface area contributed by atoms with Gasteiger partial charge in [0.15, 0.2) is 5.70 Å². The Labute approximate surface area is 203 Å². The molecule has 0 aromatic heterocycles. The number of amides is 2. The molecule has 0 radical (unpaired) electrons. The second-order valence-electron chi connectivity index (χ2n) is 7.81. The standard InChI is InChI=1S/C22H23BrN4O7/c1-32-17(28)13-10-22-11-6-4-5-7-12(11)25-16(22)14(18(29)33-2)15(19(30)34-3)26-20(22)27(13)21(31)24-9-8-23/h4-7,13,16,25H,8-10H2,1-3H3,(H,24,31). The summed E-state index contributed by atoms with van der Waals surface area (Å²) in [6, 6.07) is 4.79. The molecule has 0 saturated carbocycles. The monoisotopic (exact) mass is 534 g/mol. The van der Waals surface area contributed by atoms with Gasteiger partial charge in [0.05, 0.1) is 38.4 Å². The van der Waals surface area contributed by atoms with Gasteiger partial charge in [-0.15, -0.1) is 0 Å². The Morgan fingerprint density at radius 1 is 1.15 bits per heavy atom. The summed E-state index contributed by atoms with van der Waals surface area (Å²) < 4.78 is 14.9. The van der Waals surface area contributed by atoms with E-state index in [0.717, 1.165) is 12.7 Å². The fourth-order valence-corrected chi connectivity index (χ4v) is 5.11. The normalized spacial score (nSPS) is 24.2. The third-order valence-electron chi connectivity index (χ3n) is 6.26. The highest BCUT2D eigenvalue weighted by atomic mass is 79.9. The average Bonchev–Trinajstić information content (AvgIpc) is 3.38. The van der Waals surface area contributed by atoms with Crippen molar-refractivity contribution in [3.05, 3.63) is 41.1 Å². The first-order valence-electron chi connectivity index (χ1n) is 10.4. The summed E-state index contributed by atoms with van der Waals surface area (Å²) >= 11 is 3.26. The van der Waals surface area contributed by atoms with E-state index in [4.69, 9.17) is 14.2 Å². The van der Waals surface area contributed by atoms with Crippen molar-refractivity contribution in [2.75, 3.05) is 38.5 Å². The molecule has 1 aromatic rings. The maximum absolute atomic E-state index is 13.3. The number of esters is 3. The lowest BCUT2D eigenvalue weighted by Crippen LogP contribution is -2.54. The zero-order chi connectivity index (χ0) is 24.6. The first-order valence-corrected chi connectivity index (χ1v) is 11.5. The number of anilines is 1. The van der Waals surface area contributed by atoms with Crippen molar-refractivity contribution in [1.82, 2.24) is 10.2 Å². The van der Waals surface area contributed by atoms with Crippen LogP contribution in [0.4, 0.5) is 10.5 Å². The zero-order valence-electron chi connectivity index (χ0n) is 18.7. The van der Waals surface area contributed by atoms with Gasteiger partial charge in [0, 0.05) is 17.6 Å². The SMILES string of the molecule is COC(=O)C1=C(C(=O)OC)C2Nc3ccccc3C23CC(C(=O)OC)N(C(=O)NCCBr)C3=N1. The Hall–Kier alpha value is -3.41. The van der Waals surface area contributed by atoms with Gasteiger partial charge >= 0.3 is 23.9 Å². The van der Waals surface area contributed by atoms with E-state index in [-0.39, 0.29) is 30.1 Å². The minimum Gasteiger partial charge on any atom is -0.467 e. The molecule has 1 aromatic carbocycles. The van der Waals surface area contributed by atoms with Crippen molar-refractivity contribution in [1.29, 1.82) is 0 Å². The van der Waals surface area contributed by atoms with Gasteiger partial charge in [-0.25, -0.2) is 24.2 Å². The lowest BCUT2D eigenvalue weighted by Gasteiger charge is -2.36. The predicted octanol–water partition coefficient (Wildman–Crippen LogP) is 1.08. The minimum atomic E-state index is -1.12. The zero-order valence-corrected chi connectivity index (χ0v) is 20.3. The van der Waals surface area contributed by atoms with Crippen LogP contribution in [-0.4, -0.2) is 80.0 Å². The number of urea groups is 1. The molecule has 34 heavy (non-hydrogen) atoms. The number of fused-ring (bicyclic) bond motifs is 1. The first-order chi connectivity index (χ1) is 16.3. The third-order valence-corrected chi connectivity index (χ3v) is 6.66. The third kappa shape index (κ3) is 3.35. The Morgan fingerprint density at radius 2 is 1.85 bits per heavy atom. The molecule has 0 aliphatic carbocycles. The molecule has 12 heteroatoms. The summed E-state index contributed by atoms with van der Waals surface area (Å²) in [4.78, 5) is 57.5. The van der Waals surface area contributed by atoms with Crippen LogP contribution in [0, 0.1) is 0 Å². The smallest absolute Gasteiger partial charge is 0.357 e. The summed E-state index contributed by atoms with van der Waals surface area (Å²) in [6.45, 7) is 0.287. The Bertz CT molecular complexity index is 1130. The van der Waals surface area contributed by atoms with Crippen LogP contribution in [-0.2, 0) is 34.0 Å². The van der Waals surface area contributed by atoms with Gasteiger partial charge < -0.3 is 24.8 Å². The first kappa shape index (κ1) is 23.7. The minimum absolute atomic E-state index is 0.0411. The molecule has 0 bridgehead atoms. The van der Waals surface area contributed by atoms with Crippen LogP contribution in [0.15, 0.2) is 40.5 Å². The highest BCUT2D eigenvalue weighted by Gasteiger charge is 2.66. The number of methoxy groups -OCH3 is 3. The highest BCUT2D eigenvalue weighted by Crippen LogP contribution is 2.55. The Morgan fingerprint density at radius 3 is 2.50 bits per heavy atom. The Balaban J connectivity index is 2.01. The van der Waals surface area contributed by atoms with Gasteiger partial charge in [-0.1, -0.05) is 34.1 Å². The molecule has 180 valence electrons. The van der Waals surface area contributed by atoms with Crippen molar-refractivity contribution < 1.29 is 33.4 Å². The number of likely N-dealkylation sites (tertiary alicyclic amines) is 1. The van der Waals surface area contributed by atoms with Gasteiger partial charge in [-0.2, -0.15) is 0 Å². The van der Waals surface area contributed by atoms with E-state index >= 15 is 0 Å². The van der Waals surface area contributed by atoms with E-state index in [1.165, 1.54) is 19.1 Å². The molecule has 3 aliphatic heterocycles. The maximum Gasteiger partial charge on any atom is 0.357 e. The lowest BCUT2D eigenvalue weighted by molar-refractivity contribution is -0.144. The molecular formula is C22H23BrN4O7. The summed E-state index contributed by atoms with van der Waals surface area (Å²) in [5.41, 5.74) is -0.0510.